The number of hydrogen-bond donors (Lipinski definition) is 1. The van der Waals surface area contributed by atoms with Crippen LogP contribution in [0.1, 0.15) is 29.9 Å². The summed E-state index contributed by atoms with van der Waals surface area (Å²) in [5.74, 6) is 1.53. The number of hydrogen-bond acceptors (Lipinski definition) is 6. The lowest BCUT2D eigenvalue weighted by Gasteiger charge is -2.21. The third kappa shape index (κ3) is 4.68. The van der Waals surface area contributed by atoms with Gasteiger partial charge in [-0.2, -0.15) is 0 Å². The molecule has 0 radical (unpaired) electrons. The lowest BCUT2D eigenvalue weighted by atomic mass is 10.1. The number of aromatic nitrogens is 1. The monoisotopic (exact) mass is 412 g/mol. The number of nitrogens with zero attached hydrogens (tertiary/aromatic N) is 2. The predicted octanol–water partition coefficient (Wildman–Crippen LogP) is 4.38. The van der Waals surface area contributed by atoms with Crippen molar-refractivity contribution >= 4 is 17.3 Å². The summed E-state index contributed by atoms with van der Waals surface area (Å²) in [5, 5.41) is 11.4. The molecule has 1 saturated heterocycles. The van der Waals surface area contributed by atoms with Crippen LogP contribution in [0.4, 0.5) is 0 Å². The van der Waals surface area contributed by atoms with Crippen LogP contribution in [0.15, 0.2) is 46.2 Å². The van der Waals surface area contributed by atoms with E-state index in [-0.39, 0.29) is 6.04 Å². The molecule has 0 spiro atoms. The molecule has 0 saturated carbocycles. The highest BCUT2D eigenvalue weighted by Gasteiger charge is 2.30. The minimum absolute atomic E-state index is 0.382. The lowest BCUT2D eigenvalue weighted by molar-refractivity contribution is -0.142. The lowest BCUT2D eigenvalue weighted by Crippen LogP contribution is -2.35. The molecule has 0 bridgehead atoms. The van der Waals surface area contributed by atoms with E-state index in [9.17, 15) is 9.90 Å². The Labute approximate surface area is 173 Å². The number of likely N-dealkylation sites (tertiary alicyclic amines) is 1. The van der Waals surface area contributed by atoms with Gasteiger partial charge in [-0.25, -0.2) is 4.98 Å². The second-order valence-electron chi connectivity index (χ2n) is 7.21. The fraction of sp³-hybridized carbons (Fsp3) is 0.364. The molecule has 152 valence electrons. The van der Waals surface area contributed by atoms with Gasteiger partial charge in [0.15, 0.2) is 0 Å². The maximum atomic E-state index is 11.4. The number of carboxylic acids is 1. The molecule has 1 fully saturated rings. The van der Waals surface area contributed by atoms with E-state index in [0.29, 0.717) is 25.5 Å². The molecule has 0 unspecified atom stereocenters. The highest BCUT2D eigenvalue weighted by molar-refractivity contribution is 7.13. The van der Waals surface area contributed by atoms with Crippen molar-refractivity contribution in [3.63, 3.8) is 0 Å². The van der Waals surface area contributed by atoms with Gasteiger partial charge in [-0.15, -0.1) is 11.3 Å². The van der Waals surface area contributed by atoms with Crippen LogP contribution < -0.4 is 4.74 Å². The molecule has 1 aromatic carbocycles. The van der Waals surface area contributed by atoms with E-state index in [1.54, 1.807) is 11.3 Å². The standard InChI is InChI=1S/C22H24N2O4S/c1-15-18(23-21(28-15)20-8-4-12-29-20)9-11-27-17-6-2-5-16(13-17)14-24-10-3-7-19(24)22(25)26/h2,4-6,8,12-13,19H,3,7,9-11,14H2,1H3,(H,25,26)/t19-/m0/s1. The van der Waals surface area contributed by atoms with Crippen LogP contribution in [0.5, 0.6) is 5.75 Å². The molecular formula is C22H24N2O4S. The quantitative estimate of drug-likeness (QED) is 0.592. The second-order valence-corrected chi connectivity index (χ2v) is 8.16. The Morgan fingerprint density at radius 3 is 3.07 bits per heavy atom. The van der Waals surface area contributed by atoms with Crippen molar-refractivity contribution in [3.05, 3.63) is 58.8 Å². The van der Waals surface area contributed by atoms with E-state index in [1.807, 2.05) is 53.6 Å². The normalized spacial score (nSPS) is 16.9. The predicted molar refractivity (Wildman–Crippen MR) is 111 cm³/mol. The summed E-state index contributed by atoms with van der Waals surface area (Å²) < 4.78 is 11.7. The number of aliphatic carboxylic acids is 1. The van der Waals surface area contributed by atoms with Crippen LogP contribution in [0.2, 0.25) is 0 Å². The van der Waals surface area contributed by atoms with Crippen molar-refractivity contribution in [2.24, 2.45) is 0 Å². The highest BCUT2D eigenvalue weighted by atomic mass is 32.1. The maximum Gasteiger partial charge on any atom is 0.320 e. The number of aryl methyl sites for hydroxylation is 1. The Bertz CT molecular complexity index is 967. The van der Waals surface area contributed by atoms with Crippen molar-refractivity contribution in [3.8, 4) is 16.5 Å². The van der Waals surface area contributed by atoms with Crippen molar-refractivity contribution < 1.29 is 19.1 Å². The number of carboxylic acid groups (broad SMARTS) is 1. The molecule has 2 aromatic heterocycles. The van der Waals surface area contributed by atoms with E-state index in [0.717, 1.165) is 47.0 Å². The first-order valence-corrected chi connectivity index (χ1v) is 10.7. The molecule has 3 aromatic rings. The summed E-state index contributed by atoms with van der Waals surface area (Å²) in [6.07, 6.45) is 2.31. The van der Waals surface area contributed by atoms with Gasteiger partial charge in [-0.05, 0) is 55.5 Å². The zero-order valence-corrected chi connectivity index (χ0v) is 17.2. The van der Waals surface area contributed by atoms with E-state index >= 15 is 0 Å². The van der Waals surface area contributed by atoms with Gasteiger partial charge in [-0.1, -0.05) is 18.2 Å². The van der Waals surface area contributed by atoms with Crippen molar-refractivity contribution in [2.75, 3.05) is 13.2 Å². The van der Waals surface area contributed by atoms with Gasteiger partial charge in [0.2, 0.25) is 5.89 Å². The SMILES string of the molecule is Cc1oc(-c2cccs2)nc1CCOc1cccc(CN2CCC[C@H]2C(=O)O)c1. The zero-order valence-electron chi connectivity index (χ0n) is 16.3. The van der Waals surface area contributed by atoms with Crippen LogP contribution >= 0.6 is 11.3 Å². The molecule has 1 N–H and O–H groups in total. The molecule has 29 heavy (non-hydrogen) atoms. The number of thiophene rings is 1. The summed E-state index contributed by atoms with van der Waals surface area (Å²) in [7, 11) is 0. The molecule has 6 nitrogen and oxygen atoms in total. The highest BCUT2D eigenvalue weighted by Crippen LogP contribution is 2.26. The molecule has 1 aliphatic heterocycles. The van der Waals surface area contributed by atoms with Gasteiger partial charge < -0.3 is 14.3 Å². The number of ether oxygens (including phenoxy) is 1. The first-order valence-electron chi connectivity index (χ1n) is 9.79. The fourth-order valence-corrected chi connectivity index (χ4v) is 4.34. The number of rotatable bonds is 8. The summed E-state index contributed by atoms with van der Waals surface area (Å²) in [6, 6.07) is 11.5. The number of oxazole rings is 1. The molecule has 1 atom stereocenters. The van der Waals surface area contributed by atoms with E-state index in [2.05, 4.69) is 4.98 Å². The zero-order chi connectivity index (χ0) is 20.2. The Hall–Kier alpha value is -2.64. The molecule has 3 heterocycles. The first kappa shape index (κ1) is 19.7. The average Bonchev–Trinajstić information content (AvgIpc) is 3.44. The van der Waals surface area contributed by atoms with Crippen LogP contribution in [-0.4, -0.2) is 40.2 Å². The minimum atomic E-state index is -0.736. The van der Waals surface area contributed by atoms with Gasteiger partial charge >= 0.3 is 5.97 Å². The minimum Gasteiger partial charge on any atom is -0.493 e. The third-order valence-electron chi connectivity index (χ3n) is 5.17. The molecule has 0 amide bonds. The van der Waals surface area contributed by atoms with Crippen molar-refractivity contribution in [2.45, 2.75) is 38.8 Å². The Kier molecular flexibility index (Phi) is 5.97. The molecular weight excluding hydrogens is 388 g/mol. The molecule has 4 rings (SSSR count). The first-order chi connectivity index (χ1) is 14.1. The molecule has 7 heteroatoms. The number of benzene rings is 1. The smallest absolute Gasteiger partial charge is 0.320 e. The summed E-state index contributed by atoms with van der Waals surface area (Å²) >= 11 is 1.61. The molecule has 1 aliphatic rings. The molecule has 0 aliphatic carbocycles. The number of carbonyl (C=O) groups is 1. The van der Waals surface area contributed by atoms with Gasteiger partial charge in [0, 0.05) is 13.0 Å². The topological polar surface area (TPSA) is 75.8 Å². The Morgan fingerprint density at radius 2 is 2.28 bits per heavy atom. The third-order valence-corrected chi connectivity index (χ3v) is 6.02. The van der Waals surface area contributed by atoms with Crippen LogP contribution in [0.25, 0.3) is 10.8 Å². The summed E-state index contributed by atoms with van der Waals surface area (Å²) in [4.78, 5) is 19.0. The van der Waals surface area contributed by atoms with Gasteiger partial charge in [0.1, 0.15) is 17.6 Å². The maximum absolute atomic E-state index is 11.4. The summed E-state index contributed by atoms with van der Waals surface area (Å²) in [6.45, 7) is 3.87. The van der Waals surface area contributed by atoms with Crippen molar-refractivity contribution in [1.82, 2.24) is 9.88 Å². The van der Waals surface area contributed by atoms with Gasteiger partial charge in [0.25, 0.3) is 0 Å². The van der Waals surface area contributed by atoms with Gasteiger partial charge in [-0.3, -0.25) is 9.69 Å². The second kappa shape index (κ2) is 8.80. The van der Waals surface area contributed by atoms with E-state index in [4.69, 9.17) is 9.15 Å². The van der Waals surface area contributed by atoms with Crippen LogP contribution in [0, 0.1) is 6.92 Å². The average molecular weight is 413 g/mol. The van der Waals surface area contributed by atoms with E-state index in [1.165, 1.54) is 0 Å². The Balaban J connectivity index is 1.34. The fourth-order valence-electron chi connectivity index (χ4n) is 3.69. The van der Waals surface area contributed by atoms with Crippen molar-refractivity contribution in [1.29, 1.82) is 0 Å². The summed E-state index contributed by atoms with van der Waals surface area (Å²) in [5.41, 5.74) is 1.97. The van der Waals surface area contributed by atoms with Gasteiger partial charge in [0.05, 0.1) is 17.2 Å². The van der Waals surface area contributed by atoms with Crippen LogP contribution in [-0.2, 0) is 17.8 Å². The van der Waals surface area contributed by atoms with E-state index < -0.39 is 5.97 Å². The Morgan fingerprint density at radius 1 is 1.38 bits per heavy atom. The van der Waals surface area contributed by atoms with Crippen LogP contribution in [0.3, 0.4) is 0 Å². The largest absolute Gasteiger partial charge is 0.493 e.